The fourth-order valence-electron chi connectivity index (χ4n) is 3.12. The molecule has 2 aromatic rings. The van der Waals surface area contributed by atoms with Crippen LogP contribution in [0, 0.1) is 5.82 Å². The molecule has 0 bridgehead atoms. The molecule has 0 fully saturated rings. The summed E-state index contributed by atoms with van der Waals surface area (Å²) in [4.78, 5) is 0. The van der Waals surface area contributed by atoms with Crippen LogP contribution in [0.25, 0.3) is 0 Å². The standard InChI is InChI=1S/C17H17BrFN/c18-16-10-13(19)7-5-12(16)9-17(20)15-8-6-11-3-1-2-4-14(11)15/h1-5,7,10,15,17H,6,8-9,20H2. The number of hydrogen-bond acceptors (Lipinski definition) is 1. The average molecular weight is 334 g/mol. The number of nitrogens with two attached hydrogens (primary N) is 1. The second-order valence-electron chi connectivity index (χ2n) is 5.45. The Bertz CT molecular complexity index is 626. The van der Waals surface area contributed by atoms with E-state index in [1.165, 1.54) is 23.3 Å². The Labute approximate surface area is 127 Å². The molecule has 3 heteroatoms. The molecule has 0 saturated carbocycles. The van der Waals surface area contributed by atoms with Gasteiger partial charge in [-0.2, -0.15) is 0 Å². The van der Waals surface area contributed by atoms with Crippen LogP contribution in [-0.2, 0) is 12.8 Å². The molecule has 0 amide bonds. The van der Waals surface area contributed by atoms with Gasteiger partial charge in [0.2, 0.25) is 0 Å². The first kappa shape index (κ1) is 13.8. The predicted molar refractivity (Wildman–Crippen MR) is 83.3 cm³/mol. The van der Waals surface area contributed by atoms with E-state index >= 15 is 0 Å². The lowest BCUT2D eigenvalue weighted by atomic mass is 9.89. The monoisotopic (exact) mass is 333 g/mol. The highest BCUT2D eigenvalue weighted by molar-refractivity contribution is 9.10. The molecule has 3 rings (SSSR count). The van der Waals surface area contributed by atoms with Gasteiger partial charge < -0.3 is 5.73 Å². The van der Waals surface area contributed by atoms with Crippen molar-refractivity contribution >= 4 is 15.9 Å². The van der Waals surface area contributed by atoms with E-state index in [-0.39, 0.29) is 11.9 Å². The Balaban J connectivity index is 1.79. The van der Waals surface area contributed by atoms with Crippen molar-refractivity contribution in [3.8, 4) is 0 Å². The van der Waals surface area contributed by atoms with E-state index in [9.17, 15) is 4.39 Å². The largest absolute Gasteiger partial charge is 0.327 e. The maximum Gasteiger partial charge on any atom is 0.124 e. The molecule has 0 aliphatic heterocycles. The lowest BCUT2D eigenvalue weighted by molar-refractivity contribution is 0.523. The summed E-state index contributed by atoms with van der Waals surface area (Å²) < 4.78 is 13.9. The Kier molecular flexibility index (Phi) is 3.90. The summed E-state index contributed by atoms with van der Waals surface area (Å²) in [7, 11) is 0. The summed E-state index contributed by atoms with van der Waals surface area (Å²) in [6, 6.07) is 13.4. The number of rotatable bonds is 3. The zero-order valence-electron chi connectivity index (χ0n) is 11.2. The van der Waals surface area contributed by atoms with E-state index in [4.69, 9.17) is 5.73 Å². The van der Waals surface area contributed by atoms with Crippen LogP contribution < -0.4 is 5.73 Å². The van der Waals surface area contributed by atoms with Gasteiger partial charge in [-0.25, -0.2) is 4.39 Å². The van der Waals surface area contributed by atoms with Crippen molar-refractivity contribution in [1.82, 2.24) is 0 Å². The molecular formula is C17H17BrFN. The van der Waals surface area contributed by atoms with Gasteiger partial charge in [0.15, 0.2) is 0 Å². The third-order valence-electron chi connectivity index (χ3n) is 4.17. The van der Waals surface area contributed by atoms with Crippen molar-refractivity contribution < 1.29 is 4.39 Å². The number of hydrogen-bond donors (Lipinski definition) is 1. The molecule has 2 aromatic carbocycles. The molecule has 0 spiro atoms. The van der Waals surface area contributed by atoms with E-state index in [1.54, 1.807) is 0 Å². The Morgan fingerprint density at radius 2 is 2.05 bits per heavy atom. The van der Waals surface area contributed by atoms with Crippen LogP contribution in [0.15, 0.2) is 46.9 Å². The first-order chi connectivity index (χ1) is 9.65. The molecule has 1 nitrogen and oxygen atoms in total. The van der Waals surface area contributed by atoms with E-state index in [1.807, 2.05) is 6.07 Å². The van der Waals surface area contributed by atoms with Crippen molar-refractivity contribution in [1.29, 1.82) is 0 Å². The number of halogens is 2. The van der Waals surface area contributed by atoms with Gasteiger partial charge in [0.1, 0.15) is 5.82 Å². The quantitative estimate of drug-likeness (QED) is 0.895. The number of aryl methyl sites for hydroxylation is 1. The van der Waals surface area contributed by atoms with Crippen LogP contribution in [0.1, 0.15) is 29.0 Å². The second-order valence-corrected chi connectivity index (χ2v) is 6.30. The summed E-state index contributed by atoms with van der Waals surface area (Å²) in [5.41, 5.74) is 10.3. The molecule has 1 aliphatic rings. The van der Waals surface area contributed by atoms with Gasteiger partial charge >= 0.3 is 0 Å². The summed E-state index contributed by atoms with van der Waals surface area (Å²) in [5, 5.41) is 0. The van der Waals surface area contributed by atoms with Crippen LogP contribution >= 0.6 is 15.9 Å². The Morgan fingerprint density at radius 3 is 2.85 bits per heavy atom. The predicted octanol–water partition coefficient (Wildman–Crippen LogP) is 4.19. The third kappa shape index (κ3) is 2.65. The smallest absolute Gasteiger partial charge is 0.124 e. The zero-order valence-corrected chi connectivity index (χ0v) is 12.7. The summed E-state index contributed by atoms with van der Waals surface area (Å²) in [6.07, 6.45) is 2.98. The molecule has 1 aliphatic carbocycles. The molecule has 0 radical (unpaired) electrons. The van der Waals surface area contributed by atoms with E-state index < -0.39 is 0 Å². The summed E-state index contributed by atoms with van der Waals surface area (Å²) >= 11 is 3.42. The molecule has 2 atom stereocenters. The van der Waals surface area contributed by atoms with Crippen molar-refractivity contribution in [2.24, 2.45) is 5.73 Å². The Hall–Kier alpha value is -1.19. The first-order valence-electron chi connectivity index (χ1n) is 6.92. The normalized spacial score (nSPS) is 18.9. The number of fused-ring (bicyclic) bond motifs is 1. The lowest BCUT2D eigenvalue weighted by Crippen LogP contribution is -2.29. The maximum atomic E-state index is 13.1. The zero-order chi connectivity index (χ0) is 14.1. The van der Waals surface area contributed by atoms with Crippen LogP contribution in [0.4, 0.5) is 4.39 Å². The lowest BCUT2D eigenvalue weighted by Gasteiger charge is -2.21. The van der Waals surface area contributed by atoms with Crippen molar-refractivity contribution in [2.75, 3.05) is 0 Å². The highest BCUT2D eigenvalue weighted by Gasteiger charge is 2.27. The van der Waals surface area contributed by atoms with Gasteiger partial charge in [-0.3, -0.25) is 0 Å². The summed E-state index contributed by atoms with van der Waals surface area (Å²) in [5.74, 6) is 0.184. The first-order valence-corrected chi connectivity index (χ1v) is 7.72. The topological polar surface area (TPSA) is 26.0 Å². The van der Waals surface area contributed by atoms with Gasteiger partial charge in [-0.15, -0.1) is 0 Å². The van der Waals surface area contributed by atoms with Crippen LogP contribution in [0.5, 0.6) is 0 Å². The molecule has 20 heavy (non-hydrogen) atoms. The van der Waals surface area contributed by atoms with Crippen LogP contribution in [-0.4, -0.2) is 6.04 Å². The third-order valence-corrected chi connectivity index (χ3v) is 4.91. The SMILES string of the molecule is NC(Cc1ccc(F)cc1Br)C1CCc2ccccc21. The fraction of sp³-hybridized carbons (Fsp3) is 0.294. The molecular weight excluding hydrogens is 317 g/mol. The number of benzene rings is 2. The van der Waals surface area contributed by atoms with Gasteiger partial charge in [0.25, 0.3) is 0 Å². The molecule has 104 valence electrons. The molecule has 0 saturated heterocycles. The van der Waals surface area contributed by atoms with Crippen LogP contribution in [0.2, 0.25) is 0 Å². The molecule has 0 heterocycles. The second kappa shape index (κ2) is 5.66. The maximum absolute atomic E-state index is 13.1. The van der Waals surface area contributed by atoms with E-state index in [2.05, 4.69) is 40.2 Å². The van der Waals surface area contributed by atoms with Crippen molar-refractivity contribution in [2.45, 2.75) is 31.2 Å². The van der Waals surface area contributed by atoms with Gasteiger partial charge in [-0.05, 0) is 54.0 Å². The average Bonchev–Trinajstić information content (AvgIpc) is 2.86. The highest BCUT2D eigenvalue weighted by atomic mass is 79.9. The van der Waals surface area contributed by atoms with Crippen LogP contribution in [0.3, 0.4) is 0 Å². The van der Waals surface area contributed by atoms with Gasteiger partial charge in [0.05, 0.1) is 0 Å². The van der Waals surface area contributed by atoms with E-state index in [0.29, 0.717) is 5.92 Å². The minimum atomic E-state index is -0.222. The minimum absolute atomic E-state index is 0.0698. The van der Waals surface area contributed by atoms with Crippen molar-refractivity contribution in [3.05, 3.63) is 69.4 Å². The summed E-state index contributed by atoms with van der Waals surface area (Å²) in [6.45, 7) is 0. The van der Waals surface area contributed by atoms with E-state index in [0.717, 1.165) is 29.3 Å². The Morgan fingerprint density at radius 1 is 1.25 bits per heavy atom. The van der Waals surface area contributed by atoms with Gasteiger partial charge in [0, 0.05) is 10.5 Å². The fourth-order valence-corrected chi connectivity index (χ4v) is 3.63. The molecule has 2 N–H and O–H groups in total. The highest BCUT2D eigenvalue weighted by Crippen LogP contribution is 2.36. The molecule has 0 aromatic heterocycles. The van der Waals surface area contributed by atoms with Gasteiger partial charge in [-0.1, -0.05) is 46.3 Å². The minimum Gasteiger partial charge on any atom is -0.327 e. The van der Waals surface area contributed by atoms with Crippen molar-refractivity contribution in [3.63, 3.8) is 0 Å². The molecule has 2 unspecified atom stereocenters.